The van der Waals surface area contributed by atoms with Gasteiger partial charge in [-0.25, -0.2) is 0 Å². The van der Waals surface area contributed by atoms with Gasteiger partial charge in [0.15, 0.2) is 0 Å². The summed E-state index contributed by atoms with van der Waals surface area (Å²) >= 11 is 0. The van der Waals surface area contributed by atoms with Crippen molar-refractivity contribution in [3.63, 3.8) is 0 Å². The lowest BCUT2D eigenvalue weighted by Crippen LogP contribution is -2.21. The quantitative estimate of drug-likeness (QED) is 0.266. The summed E-state index contributed by atoms with van der Waals surface area (Å²) in [6.07, 6.45) is 12.6. The minimum Gasteiger partial charge on any atom is -0.481 e. The molecule has 0 amide bonds. The molecule has 0 spiro atoms. The van der Waals surface area contributed by atoms with Crippen LogP contribution in [0.1, 0.15) is 65.2 Å². The van der Waals surface area contributed by atoms with Crippen molar-refractivity contribution in [1.29, 1.82) is 0 Å². The van der Waals surface area contributed by atoms with Crippen molar-refractivity contribution in [3.05, 3.63) is 24.3 Å². The molecule has 2 N–H and O–H groups in total. The SMILES string of the molecule is CCCCC[C@H](O)C=C[C@@H](C=O)[C@H](CC=CCCCC(=O)O)C(C)=O. The Bertz CT molecular complexity index is 453. The van der Waals surface area contributed by atoms with Crippen molar-refractivity contribution in [3.8, 4) is 0 Å². The van der Waals surface area contributed by atoms with Gasteiger partial charge in [-0.2, -0.15) is 0 Å². The largest absolute Gasteiger partial charge is 0.481 e. The van der Waals surface area contributed by atoms with E-state index in [1.165, 1.54) is 6.92 Å². The Hall–Kier alpha value is -1.75. The molecule has 0 aromatic carbocycles. The lowest BCUT2D eigenvalue weighted by atomic mass is 9.86. The number of aliphatic hydroxyl groups excluding tert-OH is 1. The summed E-state index contributed by atoms with van der Waals surface area (Å²) in [5.41, 5.74) is 0. The summed E-state index contributed by atoms with van der Waals surface area (Å²) in [7, 11) is 0. The predicted octanol–water partition coefficient (Wildman–Crippen LogP) is 3.71. The van der Waals surface area contributed by atoms with Crippen LogP contribution in [0.15, 0.2) is 24.3 Å². The third-order valence-electron chi connectivity index (χ3n) is 4.12. The van der Waals surface area contributed by atoms with Gasteiger partial charge in [-0.1, -0.05) is 50.5 Å². The molecule has 0 saturated heterocycles. The van der Waals surface area contributed by atoms with Gasteiger partial charge < -0.3 is 15.0 Å². The van der Waals surface area contributed by atoms with E-state index in [0.717, 1.165) is 25.5 Å². The highest BCUT2D eigenvalue weighted by atomic mass is 16.4. The Balaban J connectivity index is 4.53. The number of carbonyl (C=O) groups excluding carboxylic acids is 2. The third kappa shape index (κ3) is 12.3. The van der Waals surface area contributed by atoms with E-state index in [9.17, 15) is 19.5 Å². The molecule has 5 nitrogen and oxygen atoms in total. The molecule has 0 aromatic heterocycles. The van der Waals surface area contributed by atoms with E-state index in [0.29, 0.717) is 25.7 Å². The molecule has 0 unspecified atom stereocenters. The number of aldehydes is 1. The van der Waals surface area contributed by atoms with Crippen LogP contribution in [0.3, 0.4) is 0 Å². The number of carboxylic acids is 1. The zero-order valence-corrected chi connectivity index (χ0v) is 15.4. The first-order valence-corrected chi connectivity index (χ1v) is 9.11. The standard InChI is InChI=1S/C20H32O5/c1-3-4-7-10-18(23)14-13-17(15-21)19(16(2)22)11-8-5-6-9-12-20(24)25/h5,8,13-15,17-19,23H,3-4,6-7,9-12H2,1-2H3,(H,24,25)/t17-,18-,19+/m0/s1. The normalized spacial score (nSPS) is 15.3. The second kappa shape index (κ2) is 14.6. The molecule has 0 rings (SSSR count). The Kier molecular flexibility index (Phi) is 13.6. The molecule has 3 atom stereocenters. The number of rotatable bonds is 15. The maximum absolute atomic E-state index is 11.8. The van der Waals surface area contributed by atoms with Crippen molar-refractivity contribution in [2.75, 3.05) is 0 Å². The van der Waals surface area contributed by atoms with Crippen LogP contribution in [0.4, 0.5) is 0 Å². The molecule has 0 bridgehead atoms. The molecule has 0 aromatic rings. The van der Waals surface area contributed by atoms with Gasteiger partial charge in [0.05, 0.1) is 6.10 Å². The molecule has 142 valence electrons. The number of aliphatic carboxylic acids is 1. The van der Waals surface area contributed by atoms with Crippen molar-refractivity contribution in [2.24, 2.45) is 11.8 Å². The number of Topliss-reactive ketones (excluding diaryl/α,β-unsaturated/α-hetero) is 1. The van der Waals surface area contributed by atoms with Gasteiger partial charge in [-0.05, 0) is 32.6 Å². The summed E-state index contributed by atoms with van der Waals surface area (Å²) in [4.78, 5) is 33.6. The number of ketones is 1. The summed E-state index contributed by atoms with van der Waals surface area (Å²) in [6.45, 7) is 3.56. The maximum Gasteiger partial charge on any atom is 0.303 e. The fraction of sp³-hybridized carbons (Fsp3) is 0.650. The van der Waals surface area contributed by atoms with Gasteiger partial charge in [-0.15, -0.1) is 0 Å². The number of allylic oxidation sites excluding steroid dienone is 3. The molecule has 0 radical (unpaired) electrons. The van der Waals surface area contributed by atoms with Gasteiger partial charge in [-0.3, -0.25) is 9.59 Å². The molecule has 0 fully saturated rings. The van der Waals surface area contributed by atoms with Crippen LogP contribution in [-0.4, -0.2) is 34.4 Å². The second-order valence-electron chi connectivity index (χ2n) is 6.37. The van der Waals surface area contributed by atoms with Crippen LogP contribution in [0.2, 0.25) is 0 Å². The van der Waals surface area contributed by atoms with Crippen LogP contribution < -0.4 is 0 Å². The van der Waals surface area contributed by atoms with Crippen LogP contribution >= 0.6 is 0 Å². The number of carboxylic acid groups (broad SMARTS) is 1. The maximum atomic E-state index is 11.8. The van der Waals surface area contributed by atoms with E-state index >= 15 is 0 Å². The monoisotopic (exact) mass is 352 g/mol. The minimum absolute atomic E-state index is 0.0718. The lowest BCUT2D eigenvalue weighted by Gasteiger charge is -2.16. The average Bonchev–Trinajstić information content (AvgIpc) is 2.55. The first kappa shape index (κ1) is 23.2. The van der Waals surface area contributed by atoms with Crippen molar-refractivity contribution >= 4 is 18.0 Å². The smallest absolute Gasteiger partial charge is 0.303 e. The Morgan fingerprint density at radius 2 is 1.80 bits per heavy atom. The summed E-state index contributed by atoms with van der Waals surface area (Å²) < 4.78 is 0. The van der Waals surface area contributed by atoms with Crippen molar-refractivity contribution in [2.45, 2.75) is 71.3 Å². The number of unbranched alkanes of at least 4 members (excludes halogenated alkanes) is 3. The number of hydrogen-bond acceptors (Lipinski definition) is 4. The number of aliphatic hydroxyl groups is 1. The first-order chi connectivity index (χ1) is 11.9. The van der Waals surface area contributed by atoms with E-state index in [-0.39, 0.29) is 12.2 Å². The Labute approximate surface area is 150 Å². The second-order valence-corrected chi connectivity index (χ2v) is 6.37. The molecule has 0 heterocycles. The fourth-order valence-corrected chi connectivity index (χ4v) is 2.56. The number of hydrogen-bond donors (Lipinski definition) is 2. The topological polar surface area (TPSA) is 91.7 Å². The highest BCUT2D eigenvalue weighted by Gasteiger charge is 2.22. The van der Waals surface area contributed by atoms with Gasteiger partial charge in [0.25, 0.3) is 0 Å². The molecule has 0 aliphatic heterocycles. The van der Waals surface area contributed by atoms with E-state index in [1.54, 1.807) is 12.2 Å². The summed E-state index contributed by atoms with van der Waals surface area (Å²) in [6, 6.07) is 0. The molecular weight excluding hydrogens is 320 g/mol. The van der Waals surface area contributed by atoms with Crippen LogP contribution in [0, 0.1) is 11.8 Å². The Morgan fingerprint density at radius 3 is 2.36 bits per heavy atom. The van der Waals surface area contributed by atoms with Crippen LogP contribution in [0.5, 0.6) is 0 Å². The average molecular weight is 352 g/mol. The minimum atomic E-state index is -0.821. The van der Waals surface area contributed by atoms with E-state index in [1.807, 2.05) is 12.2 Å². The van der Waals surface area contributed by atoms with Crippen LogP contribution in [0.25, 0.3) is 0 Å². The van der Waals surface area contributed by atoms with Crippen molar-refractivity contribution < 1.29 is 24.6 Å². The highest BCUT2D eigenvalue weighted by molar-refractivity contribution is 5.82. The third-order valence-corrected chi connectivity index (χ3v) is 4.12. The summed E-state index contributed by atoms with van der Waals surface area (Å²) in [5, 5.41) is 18.5. The molecular formula is C20H32O5. The molecule has 0 aliphatic rings. The van der Waals surface area contributed by atoms with Crippen LogP contribution in [-0.2, 0) is 14.4 Å². The number of carbonyl (C=O) groups is 3. The zero-order chi connectivity index (χ0) is 19.1. The van der Waals surface area contributed by atoms with E-state index in [4.69, 9.17) is 5.11 Å². The summed E-state index contributed by atoms with van der Waals surface area (Å²) in [5.74, 6) is -1.90. The van der Waals surface area contributed by atoms with Gasteiger partial charge in [0.2, 0.25) is 0 Å². The van der Waals surface area contributed by atoms with E-state index < -0.39 is 23.9 Å². The molecule has 25 heavy (non-hydrogen) atoms. The van der Waals surface area contributed by atoms with Gasteiger partial charge in [0, 0.05) is 18.3 Å². The van der Waals surface area contributed by atoms with Gasteiger partial charge in [0.1, 0.15) is 12.1 Å². The Morgan fingerprint density at radius 1 is 1.08 bits per heavy atom. The predicted molar refractivity (Wildman–Crippen MR) is 98.3 cm³/mol. The van der Waals surface area contributed by atoms with E-state index in [2.05, 4.69) is 6.92 Å². The highest BCUT2D eigenvalue weighted by Crippen LogP contribution is 2.19. The lowest BCUT2D eigenvalue weighted by molar-refractivity contribution is -0.137. The zero-order valence-electron chi connectivity index (χ0n) is 15.4. The molecule has 0 saturated carbocycles. The fourth-order valence-electron chi connectivity index (χ4n) is 2.56. The molecule has 5 heteroatoms. The first-order valence-electron chi connectivity index (χ1n) is 9.11. The van der Waals surface area contributed by atoms with Crippen molar-refractivity contribution in [1.82, 2.24) is 0 Å². The van der Waals surface area contributed by atoms with Gasteiger partial charge >= 0.3 is 5.97 Å². The molecule has 0 aliphatic carbocycles.